The number of rotatable bonds is 2. The van der Waals surface area contributed by atoms with Gasteiger partial charge in [-0.25, -0.2) is 0 Å². The summed E-state index contributed by atoms with van der Waals surface area (Å²) in [5.41, 5.74) is 6.22. The summed E-state index contributed by atoms with van der Waals surface area (Å²) in [5, 5.41) is 40.5. The molecule has 0 aliphatic carbocycles. The summed E-state index contributed by atoms with van der Waals surface area (Å²) in [6, 6.07) is 14.3. The summed E-state index contributed by atoms with van der Waals surface area (Å²) in [7, 11) is 0. The number of aromatic hydroxyl groups is 4. The zero-order chi connectivity index (χ0) is 26.9. The topological polar surface area (TPSA) is 80.9 Å². The molecular formula is C28H24Br4O4. The van der Waals surface area contributed by atoms with Crippen molar-refractivity contribution in [2.75, 3.05) is 0 Å². The molecule has 0 unspecified atom stereocenters. The van der Waals surface area contributed by atoms with Crippen molar-refractivity contribution in [3.8, 4) is 45.3 Å². The number of aryl methyl sites for hydroxylation is 2. The highest BCUT2D eigenvalue weighted by atomic mass is 79.9. The van der Waals surface area contributed by atoms with Gasteiger partial charge in [-0.15, -0.1) is 0 Å². The second-order valence-electron chi connectivity index (χ2n) is 8.32. The average molecular weight is 744 g/mol. The van der Waals surface area contributed by atoms with Crippen LogP contribution in [0.1, 0.15) is 22.3 Å². The largest absolute Gasteiger partial charge is 0.507 e. The number of halogens is 4. The van der Waals surface area contributed by atoms with Crippen molar-refractivity contribution in [1.82, 2.24) is 0 Å². The van der Waals surface area contributed by atoms with E-state index in [4.69, 9.17) is 0 Å². The van der Waals surface area contributed by atoms with Gasteiger partial charge in [-0.05, 0) is 106 Å². The molecule has 8 heteroatoms. The molecule has 4 rings (SSSR count). The summed E-state index contributed by atoms with van der Waals surface area (Å²) in [5.74, 6) is 0.609. The molecule has 4 aromatic rings. The van der Waals surface area contributed by atoms with Crippen molar-refractivity contribution < 1.29 is 20.4 Å². The highest BCUT2D eigenvalue weighted by molar-refractivity contribution is 9.11. The van der Waals surface area contributed by atoms with E-state index < -0.39 is 0 Å². The van der Waals surface area contributed by atoms with Crippen LogP contribution in [0.3, 0.4) is 0 Å². The third kappa shape index (κ3) is 5.62. The zero-order valence-corrected chi connectivity index (χ0v) is 26.3. The second-order valence-corrected chi connectivity index (χ2v) is 11.7. The minimum atomic E-state index is 0.106. The van der Waals surface area contributed by atoms with Gasteiger partial charge in [0.2, 0.25) is 0 Å². The van der Waals surface area contributed by atoms with E-state index >= 15 is 0 Å². The van der Waals surface area contributed by atoms with E-state index in [2.05, 4.69) is 63.7 Å². The number of hydrogen-bond acceptors (Lipinski definition) is 4. The molecule has 0 saturated carbocycles. The molecule has 0 aromatic heterocycles. The van der Waals surface area contributed by atoms with Crippen LogP contribution in [-0.2, 0) is 0 Å². The SMILES string of the molecule is Cc1c(Br)cc(Br)c(O)c1-c1c(C)c(Br)cc(Br)c1O.Cc1cccc(O)c1-c1c(C)cccc1O. The minimum Gasteiger partial charge on any atom is -0.507 e. The Labute approximate surface area is 244 Å². The first-order valence-electron chi connectivity index (χ1n) is 10.8. The third-order valence-corrected chi connectivity index (χ3v) is 8.76. The Kier molecular flexibility index (Phi) is 9.20. The van der Waals surface area contributed by atoms with E-state index in [0.717, 1.165) is 31.2 Å². The lowest BCUT2D eigenvalue weighted by Crippen LogP contribution is -1.93. The monoisotopic (exact) mass is 740 g/mol. The molecule has 4 nitrogen and oxygen atoms in total. The Balaban J connectivity index is 0.000000205. The van der Waals surface area contributed by atoms with Crippen molar-refractivity contribution in [1.29, 1.82) is 0 Å². The average Bonchev–Trinajstić information content (AvgIpc) is 2.81. The van der Waals surface area contributed by atoms with Gasteiger partial charge < -0.3 is 20.4 Å². The van der Waals surface area contributed by atoms with Crippen LogP contribution in [0.5, 0.6) is 23.0 Å². The molecule has 188 valence electrons. The molecule has 0 bridgehead atoms. The highest BCUT2D eigenvalue weighted by Gasteiger charge is 2.22. The smallest absolute Gasteiger partial charge is 0.138 e. The van der Waals surface area contributed by atoms with Crippen molar-refractivity contribution in [2.24, 2.45) is 0 Å². The normalized spacial score (nSPS) is 10.7. The van der Waals surface area contributed by atoms with Crippen LogP contribution >= 0.6 is 63.7 Å². The second kappa shape index (κ2) is 11.6. The van der Waals surface area contributed by atoms with Crippen molar-refractivity contribution in [3.63, 3.8) is 0 Å². The van der Waals surface area contributed by atoms with E-state index in [1.807, 2.05) is 39.8 Å². The first-order valence-corrected chi connectivity index (χ1v) is 14.0. The number of phenolic OH excluding ortho intramolecular Hbond substituents is 4. The van der Waals surface area contributed by atoms with Gasteiger partial charge in [0.1, 0.15) is 23.0 Å². The van der Waals surface area contributed by atoms with Gasteiger partial charge >= 0.3 is 0 Å². The molecule has 36 heavy (non-hydrogen) atoms. The summed E-state index contributed by atoms with van der Waals surface area (Å²) in [6.45, 7) is 7.61. The van der Waals surface area contributed by atoms with E-state index in [9.17, 15) is 20.4 Å². The Bertz CT molecular complexity index is 1260. The Morgan fingerprint density at radius 3 is 1.11 bits per heavy atom. The van der Waals surface area contributed by atoms with E-state index in [1.165, 1.54) is 0 Å². The van der Waals surface area contributed by atoms with Gasteiger partial charge in [-0.2, -0.15) is 0 Å². The van der Waals surface area contributed by atoms with Crippen LogP contribution in [0.2, 0.25) is 0 Å². The lowest BCUT2D eigenvalue weighted by Gasteiger charge is -2.17. The summed E-state index contributed by atoms with van der Waals surface area (Å²) in [6.07, 6.45) is 0. The molecule has 4 aromatic carbocycles. The van der Waals surface area contributed by atoms with Gasteiger partial charge in [-0.3, -0.25) is 0 Å². The fraction of sp³-hybridized carbons (Fsp3) is 0.143. The Morgan fingerprint density at radius 2 is 0.806 bits per heavy atom. The van der Waals surface area contributed by atoms with Crippen LogP contribution in [-0.4, -0.2) is 20.4 Å². The minimum absolute atomic E-state index is 0.106. The van der Waals surface area contributed by atoms with Crippen molar-refractivity contribution in [2.45, 2.75) is 27.7 Å². The molecule has 0 spiro atoms. The summed E-state index contributed by atoms with van der Waals surface area (Å²) in [4.78, 5) is 0. The van der Waals surface area contributed by atoms with Crippen LogP contribution in [0.15, 0.2) is 66.4 Å². The molecule has 0 fully saturated rings. The first-order chi connectivity index (χ1) is 16.9. The van der Waals surface area contributed by atoms with Crippen LogP contribution in [0.25, 0.3) is 22.3 Å². The van der Waals surface area contributed by atoms with Crippen LogP contribution in [0.4, 0.5) is 0 Å². The Morgan fingerprint density at radius 1 is 0.472 bits per heavy atom. The molecule has 0 heterocycles. The molecule has 0 aliphatic heterocycles. The predicted octanol–water partition coefficient (Wildman–Crippen LogP) is 9.81. The summed E-state index contributed by atoms with van der Waals surface area (Å²) < 4.78 is 2.85. The van der Waals surface area contributed by atoms with E-state index in [0.29, 0.717) is 31.2 Å². The van der Waals surface area contributed by atoms with Gasteiger partial charge in [0.25, 0.3) is 0 Å². The molecule has 0 saturated heterocycles. The molecule has 0 aliphatic rings. The number of hydrogen-bond donors (Lipinski definition) is 4. The fourth-order valence-corrected chi connectivity index (χ4v) is 6.30. The maximum atomic E-state index is 10.4. The number of benzene rings is 4. The maximum absolute atomic E-state index is 10.4. The zero-order valence-electron chi connectivity index (χ0n) is 19.9. The number of phenols is 4. The fourth-order valence-electron chi connectivity index (χ4n) is 3.98. The van der Waals surface area contributed by atoms with E-state index in [1.54, 1.807) is 36.4 Å². The van der Waals surface area contributed by atoms with Gasteiger partial charge in [0, 0.05) is 31.2 Å². The molecule has 4 N–H and O–H groups in total. The van der Waals surface area contributed by atoms with Crippen LogP contribution in [0, 0.1) is 27.7 Å². The predicted molar refractivity (Wildman–Crippen MR) is 160 cm³/mol. The molecule has 0 amide bonds. The quantitative estimate of drug-likeness (QED) is 0.165. The standard InChI is InChI=1S/C14H10Br4O2.C14H14O2/c1-5-7(15)3-9(17)13(19)11(5)12-6(2)8(16)4-10(18)14(12)20;1-9-5-3-7-11(15)13(9)14-10(2)6-4-8-12(14)16/h3-4,19-20H,1-2H3;3-8,15-16H,1-2H3. The van der Waals surface area contributed by atoms with Gasteiger partial charge in [0.15, 0.2) is 0 Å². The first kappa shape index (κ1) is 28.6. The van der Waals surface area contributed by atoms with Crippen molar-refractivity contribution in [3.05, 3.63) is 88.7 Å². The third-order valence-electron chi connectivity index (χ3n) is 5.90. The molecule has 0 atom stereocenters. The molecular weight excluding hydrogens is 720 g/mol. The maximum Gasteiger partial charge on any atom is 0.138 e. The highest BCUT2D eigenvalue weighted by Crippen LogP contribution is 2.49. The lowest BCUT2D eigenvalue weighted by atomic mass is 9.95. The van der Waals surface area contributed by atoms with Gasteiger partial charge in [-0.1, -0.05) is 56.1 Å². The lowest BCUT2D eigenvalue weighted by molar-refractivity contribution is 0.465. The molecule has 0 radical (unpaired) electrons. The van der Waals surface area contributed by atoms with Gasteiger partial charge in [0.05, 0.1) is 8.95 Å². The summed E-state index contributed by atoms with van der Waals surface area (Å²) >= 11 is 13.6. The van der Waals surface area contributed by atoms with Crippen LogP contribution < -0.4 is 0 Å². The Hall–Kier alpha value is -2.00. The van der Waals surface area contributed by atoms with Crippen molar-refractivity contribution >= 4 is 63.7 Å². The van der Waals surface area contributed by atoms with E-state index in [-0.39, 0.29) is 23.0 Å².